The summed E-state index contributed by atoms with van der Waals surface area (Å²) in [6, 6.07) is 13.7. The molecule has 0 saturated carbocycles. The van der Waals surface area contributed by atoms with Crippen LogP contribution in [0.15, 0.2) is 48.7 Å². The van der Waals surface area contributed by atoms with Crippen LogP contribution in [0.1, 0.15) is 5.56 Å². The molecule has 3 nitrogen and oxygen atoms in total. The van der Waals surface area contributed by atoms with E-state index in [2.05, 4.69) is 0 Å². The molecule has 0 aliphatic carbocycles. The first kappa shape index (κ1) is 12.2. The Labute approximate surface area is 106 Å². The number of carbonyl (C=O) groups excluding carboxylic acids is 1. The number of hydrogen-bond acceptors (Lipinski definition) is 3. The van der Waals surface area contributed by atoms with Crippen LogP contribution in [0.4, 0.5) is 0 Å². The van der Waals surface area contributed by atoms with Crippen LogP contribution in [-0.4, -0.2) is 20.2 Å². The fraction of sp³-hybridized carbons (Fsp3) is 0.133. The second kappa shape index (κ2) is 5.36. The van der Waals surface area contributed by atoms with Gasteiger partial charge in [-0.3, -0.25) is 0 Å². The first-order valence-corrected chi connectivity index (χ1v) is 5.57. The van der Waals surface area contributed by atoms with Crippen molar-refractivity contribution < 1.29 is 14.3 Å². The molecule has 92 valence electrons. The third-order valence-corrected chi connectivity index (χ3v) is 2.72. The van der Waals surface area contributed by atoms with Crippen LogP contribution in [0.2, 0.25) is 0 Å². The Morgan fingerprint density at radius 2 is 1.78 bits per heavy atom. The lowest BCUT2D eigenvalue weighted by atomic mass is 9.99. The van der Waals surface area contributed by atoms with Crippen molar-refractivity contribution in [1.29, 1.82) is 0 Å². The van der Waals surface area contributed by atoms with Gasteiger partial charge in [0.25, 0.3) is 0 Å². The number of fused-ring (bicyclic) bond motifs is 1. The molecule has 0 heterocycles. The minimum Gasteiger partial charge on any atom is -0.503 e. The minimum absolute atomic E-state index is 0.409. The molecular weight excluding hydrogens is 228 g/mol. The van der Waals surface area contributed by atoms with Gasteiger partial charge in [0.2, 0.25) is 0 Å². The highest BCUT2D eigenvalue weighted by Gasteiger charge is 2.15. The summed E-state index contributed by atoms with van der Waals surface area (Å²) in [7, 11) is 2.87. The summed E-state index contributed by atoms with van der Waals surface area (Å²) in [6.45, 7) is 0. The molecule has 0 aromatic heterocycles. The molecule has 2 aromatic rings. The molecule has 0 aliphatic rings. The largest absolute Gasteiger partial charge is 0.503 e. The van der Waals surface area contributed by atoms with Gasteiger partial charge in [-0.1, -0.05) is 42.5 Å². The van der Waals surface area contributed by atoms with Crippen LogP contribution in [0.3, 0.4) is 0 Å². The molecular formula is C15H14O3. The number of rotatable bonds is 3. The Morgan fingerprint density at radius 3 is 2.50 bits per heavy atom. The molecule has 0 amide bonds. The highest BCUT2D eigenvalue weighted by molar-refractivity contribution is 6.19. The second-order valence-electron chi connectivity index (χ2n) is 3.79. The molecule has 0 fully saturated rings. The number of benzene rings is 2. The summed E-state index contributed by atoms with van der Waals surface area (Å²) in [5.74, 6) is -0.409. The van der Waals surface area contributed by atoms with E-state index in [4.69, 9.17) is 9.47 Å². The van der Waals surface area contributed by atoms with E-state index in [9.17, 15) is 4.79 Å². The summed E-state index contributed by atoms with van der Waals surface area (Å²) in [5, 5.41) is 2.06. The summed E-state index contributed by atoms with van der Waals surface area (Å²) in [4.78, 5) is 11.8. The zero-order valence-corrected chi connectivity index (χ0v) is 10.3. The van der Waals surface area contributed by atoms with Gasteiger partial charge in [-0.25, -0.2) is 4.79 Å². The number of carbonyl (C=O) groups is 1. The molecule has 18 heavy (non-hydrogen) atoms. The Balaban J connectivity index is 2.65. The first-order chi connectivity index (χ1) is 8.77. The van der Waals surface area contributed by atoms with E-state index in [1.807, 2.05) is 42.5 Å². The topological polar surface area (TPSA) is 35.5 Å². The van der Waals surface area contributed by atoms with Crippen LogP contribution < -0.4 is 0 Å². The Bertz CT molecular complexity index is 594. The van der Waals surface area contributed by atoms with Crippen molar-refractivity contribution in [3.8, 4) is 0 Å². The maximum atomic E-state index is 11.8. The van der Waals surface area contributed by atoms with E-state index in [1.54, 1.807) is 0 Å². The average molecular weight is 242 g/mol. The molecule has 0 radical (unpaired) electrons. The molecule has 0 N–H and O–H groups in total. The first-order valence-electron chi connectivity index (χ1n) is 5.57. The monoisotopic (exact) mass is 242 g/mol. The van der Waals surface area contributed by atoms with Crippen molar-refractivity contribution in [1.82, 2.24) is 0 Å². The van der Waals surface area contributed by atoms with Gasteiger partial charge in [0.1, 0.15) is 5.57 Å². The van der Waals surface area contributed by atoms with Crippen molar-refractivity contribution in [2.75, 3.05) is 14.2 Å². The normalized spacial score (nSPS) is 11.3. The van der Waals surface area contributed by atoms with E-state index in [0.29, 0.717) is 5.57 Å². The quantitative estimate of drug-likeness (QED) is 0.471. The standard InChI is InChI=1S/C15H14O3/c1-17-10-14(15(16)18-2)13-9-5-7-11-6-3-4-8-12(11)13/h3-10H,1-2H3/b14-10+. The van der Waals surface area contributed by atoms with Crippen molar-refractivity contribution in [3.63, 3.8) is 0 Å². The van der Waals surface area contributed by atoms with Gasteiger partial charge in [0.15, 0.2) is 0 Å². The van der Waals surface area contributed by atoms with Gasteiger partial charge in [-0.15, -0.1) is 0 Å². The predicted molar refractivity (Wildman–Crippen MR) is 71.0 cm³/mol. The zero-order chi connectivity index (χ0) is 13.0. The number of methoxy groups -OCH3 is 2. The van der Waals surface area contributed by atoms with Gasteiger partial charge < -0.3 is 9.47 Å². The van der Waals surface area contributed by atoms with Gasteiger partial charge in [0.05, 0.1) is 20.5 Å². The van der Waals surface area contributed by atoms with Gasteiger partial charge in [-0.05, 0) is 16.3 Å². The highest BCUT2D eigenvalue weighted by Crippen LogP contribution is 2.25. The maximum Gasteiger partial charge on any atom is 0.341 e. The van der Waals surface area contributed by atoms with Crippen molar-refractivity contribution >= 4 is 22.3 Å². The predicted octanol–water partition coefficient (Wildman–Crippen LogP) is 3.00. The van der Waals surface area contributed by atoms with Crippen molar-refractivity contribution in [3.05, 3.63) is 54.3 Å². The smallest absolute Gasteiger partial charge is 0.341 e. The summed E-state index contributed by atoms with van der Waals surface area (Å²) >= 11 is 0. The number of ether oxygens (including phenoxy) is 2. The number of esters is 1. The lowest BCUT2D eigenvalue weighted by Crippen LogP contribution is -2.04. The third kappa shape index (κ3) is 2.20. The second-order valence-corrected chi connectivity index (χ2v) is 3.79. The van der Waals surface area contributed by atoms with Crippen LogP contribution in [0.5, 0.6) is 0 Å². The molecule has 0 saturated heterocycles. The zero-order valence-electron chi connectivity index (χ0n) is 10.3. The Hall–Kier alpha value is -2.29. The Morgan fingerprint density at radius 1 is 1.06 bits per heavy atom. The SMILES string of the molecule is CO/C=C(/C(=O)OC)c1cccc2ccccc12. The van der Waals surface area contributed by atoms with E-state index in [0.717, 1.165) is 16.3 Å². The van der Waals surface area contributed by atoms with Crippen LogP contribution in [0.25, 0.3) is 16.3 Å². The molecule has 3 heteroatoms. The summed E-state index contributed by atoms with van der Waals surface area (Å²) in [5.41, 5.74) is 1.22. The van der Waals surface area contributed by atoms with E-state index in [-0.39, 0.29) is 0 Å². The lowest BCUT2D eigenvalue weighted by Gasteiger charge is -2.08. The lowest BCUT2D eigenvalue weighted by molar-refractivity contribution is -0.133. The van der Waals surface area contributed by atoms with Gasteiger partial charge >= 0.3 is 5.97 Å². The third-order valence-electron chi connectivity index (χ3n) is 2.72. The summed E-state index contributed by atoms with van der Waals surface area (Å²) < 4.78 is 9.75. The molecule has 0 aliphatic heterocycles. The van der Waals surface area contributed by atoms with Crippen molar-refractivity contribution in [2.24, 2.45) is 0 Å². The van der Waals surface area contributed by atoms with Crippen LogP contribution >= 0.6 is 0 Å². The van der Waals surface area contributed by atoms with E-state index < -0.39 is 5.97 Å². The molecule has 2 rings (SSSR count). The maximum absolute atomic E-state index is 11.8. The van der Waals surface area contributed by atoms with Gasteiger partial charge in [-0.2, -0.15) is 0 Å². The van der Waals surface area contributed by atoms with Crippen LogP contribution in [-0.2, 0) is 14.3 Å². The van der Waals surface area contributed by atoms with E-state index >= 15 is 0 Å². The molecule has 0 bridgehead atoms. The Kier molecular flexibility index (Phi) is 3.63. The number of hydrogen-bond donors (Lipinski definition) is 0. The van der Waals surface area contributed by atoms with E-state index in [1.165, 1.54) is 20.5 Å². The fourth-order valence-corrected chi connectivity index (χ4v) is 1.91. The summed E-state index contributed by atoms with van der Waals surface area (Å²) in [6.07, 6.45) is 1.41. The molecule has 2 aromatic carbocycles. The van der Waals surface area contributed by atoms with Gasteiger partial charge in [0, 0.05) is 0 Å². The molecule has 0 spiro atoms. The fourth-order valence-electron chi connectivity index (χ4n) is 1.91. The molecule has 0 unspecified atom stereocenters. The highest BCUT2D eigenvalue weighted by atomic mass is 16.5. The molecule has 0 atom stereocenters. The minimum atomic E-state index is -0.409. The average Bonchev–Trinajstić information content (AvgIpc) is 2.43. The van der Waals surface area contributed by atoms with Crippen molar-refractivity contribution in [2.45, 2.75) is 0 Å². The van der Waals surface area contributed by atoms with Crippen LogP contribution in [0, 0.1) is 0 Å².